The van der Waals surface area contributed by atoms with Crippen LogP contribution in [-0.2, 0) is 31.4 Å². The van der Waals surface area contributed by atoms with Crippen molar-refractivity contribution < 1.29 is 14.1 Å². The van der Waals surface area contributed by atoms with E-state index in [1.807, 2.05) is 55.0 Å². The Labute approximate surface area is 195 Å². The maximum absolute atomic E-state index is 12.7. The molecule has 0 aliphatic carbocycles. The first-order valence-corrected chi connectivity index (χ1v) is 11.5. The lowest BCUT2D eigenvalue weighted by Crippen LogP contribution is -2.42. The van der Waals surface area contributed by atoms with Crippen LogP contribution in [0.4, 0.5) is 0 Å². The van der Waals surface area contributed by atoms with E-state index in [0.717, 1.165) is 48.7 Å². The van der Waals surface area contributed by atoms with E-state index >= 15 is 0 Å². The first-order valence-electron chi connectivity index (χ1n) is 11.5. The SMILES string of the molecule is Cc1noc(C)c1CC(=O)N1CCC(Oc2ccc(CN(C)Cc3cnn(C)c3)cc2)CC1. The summed E-state index contributed by atoms with van der Waals surface area (Å²) in [5.74, 6) is 1.74. The van der Waals surface area contributed by atoms with Crippen LogP contribution in [0.25, 0.3) is 0 Å². The van der Waals surface area contributed by atoms with Gasteiger partial charge in [0.25, 0.3) is 0 Å². The average molecular weight is 452 g/mol. The van der Waals surface area contributed by atoms with Crippen LogP contribution in [0.15, 0.2) is 41.2 Å². The number of benzene rings is 1. The second-order valence-electron chi connectivity index (χ2n) is 9.02. The Balaban J connectivity index is 1.22. The van der Waals surface area contributed by atoms with Crippen LogP contribution >= 0.6 is 0 Å². The smallest absolute Gasteiger partial charge is 0.227 e. The Morgan fingerprint density at radius 3 is 2.45 bits per heavy atom. The molecule has 0 unspecified atom stereocenters. The summed E-state index contributed by atoms with van der Waals surface area (Å²) in [5, 5.41) is 8.17. The molecule has 2 aromatic heterocycles. The zero-order valence-corrected chi connectivity index (χ0v) is 20.0. The van der Waals surface area contributed by atoms with E-state index in [1.54, 1.807) is 0 Å². The van der Waals surface area contributed by atoms with Gasteiger partial charge in [0, 0.05) is 63.4 Å². The highest BCUT2D eigenvalue weighted by Crippen LogP contribution is 2.22. The Morgan fingerprint density at radius 1 is 1.15 bits per heavy atom. The van der Waals surface area contributed by atoms with Gasteiger partial charge >= 0.3 is 0 Å². The molecule has 1 aromatic carbocycles. The molecule has 0 atom stereocenters. The molecule has 0 bridgehead atoms. The molecule has 1 saturated heterocycles. The summed E-state index contributed by atoms with van der Waals surface area (Å²) in [7, 11) is 4.04. The highest BCUT2D eigenvalue weighted by molar-refractivity contribution is 5.79. The van der Waals surface area contributed by atoms with Crippen LogP contribution in [0.5, 0.6) is 5.75 Å². The van der Waals surface area contributed by atoms with E-state index in [-0.39, 0.29) is 12.0 Å². The summed E-state index contributed by atoms with van der Waals surface area (Å²) in [4.78, 5) is 16.9. The molecule has 0 radical (unpaired) electrons. The fraction of sp³-hybridized carbons (Fsp3) is 0.480. The summed E-state index contributed by atoms with van der Waals surface area (Å²) in [5.41, 5.74) is 4.15. The molecule has 1 aliphatic heterocycles. The molecule has 176 valence electrons. The zero-order chi connectivity index (χ0) is 23.4. The topological polar surface area (TPSA) is 76.6 Å². The monoisotopic (exact) mass is 451 g/mol. The lowest BCUT2D eigenvalue weighted by molar-refractivity contribution is -0.132. The quantitative estimate of drug-likeness (QED) is 0.523. The minimum Gasteiger partial charge on any atom is -0.490 e. The van der Waals surface area contributed by atoms with Crippen LogP contribution in [-0.4, -0.2) is 56.9 Å². The number of rotatable bonds is 8. The van der Waals surface area contributed by atoms with Gasteiger partial charge in [-0.1, -0.05) is 17.3 Å². The second kappa shape index (κ2) is 10.2. The number of aryl methyl sites for hydroxylation is 3. The van der Waals surface area contributed by atoms with Crippen LogP contribution in [0, 0.1) is 13.8 Å². The van der Waals surface area contributed by atoms with Gasteiger partial charge in [0.05, 0.1) is 18.3 Å². The summed E-state index contributed by atoms with van der Waals surface area (Å²) in [6.07, 6.45) is 6.11. The number of ether oxygens (including phenoxy) is 1. The summed E-state index contributed by atoms with van der Waals surface area (Å²) in [6, 6.07) is 8.33. The molecule has 0 saturated carbocycles. The third-order valence-corrected chi connectivity index (χ3v) is 6.19. The molecule has 4 rings (SSSR count). The fourth-order valence-corrected chi connectivity index (χ4v) is 4.34. The van der Waals surface area contributed by atoms with Gasteiger partial charge in [0.15, 0.2) is 0 Å². The van der Waals surface area contributed by atoms with E-state index in [2.05, 4.69) is 34.3 Å². The van der Waals surface area contributed by atoms with Gasteiger partial charge in [0.2, 0.25) is 5.91 Å². The molecule has 1 amide bonds. The summed E-state index contributed by atoms with van der Waals surface area (Å²) >= 11 is 0. The van der Waals surface area contributed by atoms with Crippen LogP contribution in [0.1, 0.15) is 41.0 Å². The van der Waals surface area contributed by atoms with Crippen molar-refractivity contribution in [2.24, 2.45) is 7.05 Å². The predicted molar refractivity (Wildman–Crippen MR) is 125 cm³/mol. The molecule has 0 spiro atoms. The molecular formula is C25H33N5O3. The van der Waals surface area contributed by atoms with E-state index in [9.17, 15) is 4.79 Å². The number of hydrogen-bond donors (Lipinski definition) is 0. The predicted octanol–water partition coefficient (Wildman–Crippen LogP) is 3.27. The Morgan fingerprint density at radius 2 is 1.85 bits per heavy atom. The average Bonchev–Trinajstić information content (AvgIpc) is 3.35. The fourth-order valence-electron chi connectivity index (χ4n) is 4.34. The molecule has 8 heteroatoms. The lowest BCUT2D eigenvalue weighted by Gasteiger charge is -2.32. The van der Waals surface area contributed by atoms with Crippen molar-refractivity contribution in [3.8, 4) is 5.75 Å². The van der Waals surface area contributed by atoms with Crippen molar-refractivity contribution in [2.75, 3.05) is 20.1 Å². The van der Waals surface area contributed by atoms with Crippen molar-refractivity contribution >= 4 is 5.91 Å². The van der Waals surface area contributed by atoms with Gasteiger partial charge in [-0.05, 0) is 38.6 Å². The molecule has 3 heterocycles. The van der Waals surface area contributed by atoms with Crippen molar-refractivity contribution in [3.05, 3.63) is 64.8 Å². The Kier molecular flexibility index (Phi) is 7.13. The van der Waals surface area contributed by atoms with Gasteiger partial charge in [-0.3, -0.25) is 14.4 Å². The molecule has 0 N–H and O–H groups in total. The number of amides is 1. The number of carbonyl (C=O) groups is 1. The number of carbonyl (C=O) groups excluding carboxylic acids is 1. The number of likely N-dealkylation sites (tertiary alicyclic amines) is 1. The van der Waals surface area contributed by atoms with Crippen molar-refractivity contribution in [2.45, 2.75) is 52.3 Å². The van der Waals surface area contributed by atoms with Crippen molar-refractivity contribution in [1.82, 2.24) is 24.7 Å². The van der Waals surface area contributed by atoms with E-state index in [1.165, 1.54) is 11.1 Å². The number of nitrogens with zero attached hydrogens (tertiary/aromatic N) is 5. The van der Waals surface area contributed by atoms with Gasteiger partial charge in [-0.15, -0.1) is 0 Å². The minimum absolute atomic E-state index is 0.127. The Bertz CT molecular complexity index is 1040. The zero-order valence-electron chi connectivity index (χ0n) is 20.0. The largest absolute Gasteiger partial charge is 0.490 e. The number of aromatic nitrogens is 3. The van der Waals surface area contributed by atoms with Gasteiger partial charge in [-0.25, -0.2) is 0 Å². The summed E-state index contributed by atoms with van der Waals surface area (Å²) in [6.45, 7) is 6.88. The maximum atomic E-state index is 12.7. The lowest BCUT2D eigenvalue weighted by atomic mass is 10.1. The minimum atomic E-state index is 0.127. The maximum Gasteiger partial charge on any atom is 0.227 e. The van der Waals surface area contributed by atoms with Crippen molar-refractivity contribution in [3.63, 3.8) is 0 Å². The van der Waals surface area contributed by atoms with Crippen molar-refractivity contribution in [1.29, 1.82) is 0 Å². The van der Waals surface area contributed by atoms with Gasteiger partial charge < -0.3 is 14.2 Å². The highest BCUT2D eigenvalue weighted by atomic mass is 16.5. The first kappa shape index (κ1) is 23.0. The van der Waals surface area contributed by atoms with Gasteiger partial charge in [0.1, 0.15) is 17.6 Å². The Hall–Kier alpha value is -3.13. The number of piperidine rings is 1. The van der Waals surface area contributed by atoms with Gasteiger partial charge in [-0.2, -0.15) is 5.10 Å². The van der Waals surface area contributed by atoms with Crippen LogP contribution in [0.2, 0.25) is 0 Å². The third-order valence-electron chi connectivity index (χ3n) is 6.19. The molecule has 3 aromatic rings. The number of hydrogen-bond acceptors (Lipinski definition) is 6. The highest BCUT2D eigenvalue weighted by Gasteiger charge is 2.25. The normalized spacial score (nSPS) is 14.8. The third kappa shape index (κ3) is 6.01. The van der Waals surface area contributed by atoms with E-state index < -0.39 is 0 Å². The molecule has 1 fully saturated rings. The standard InChI is InChI=1S/C25H33N5O3/c1-18-24(19(2)33-27-18)13-25(31)30-11-9-23(10-12-30)32-22-7-5-20(6-8-22)15-28(3)16-21-14-26-29(4)17-21/h5-8,14,17,23H,9-13,15-16H2,1-4H3. The van der Waals surface area contributed by atoms with Crippen LogP contribution < -0.4 is 4.74 Å². The van der Waals surface area contributed by atoms with E-state index in [4.69, 9.17) is 9.26 Å². The molecule has 33 heavy (non-hydrogen) atoms. The first-order chi connectivity index (χ1) is 15.9. The van der Waals surface area contributed by atoms with E-state index in [0.29, 0.717) is 19.5 Å². The summed E-state index contributed by atoms with van der Waals surface area (Å²) < 4.78 is 13.2. The van der Waals surface area contributed by atoms with Crippen LogP contribution in [0.3, 0.4) is 0 Å². The molecular weight excluding hydrogens is 418 g/mol. The molecule has 1 aliphatic rings. The second-order valence-corrected chi connectivity index (χ2v) is 9.02. The molecule has 8 nitrogen and oxygen atoms in total.